The molecule has 1 saturated heterocycles. The molecule has 1 fully saturated rings. The predicted octanol–water partition coefficient (Wildman–Crippen LogP) is 4.89. The Bertz CT molecular complexity index is 1280. The van der Waals surface area contributed by atoms with Crippen molar-refractivity contribution in [3.05, 3.63) is 70.4 Å². The molecule has 184 valence electrons. The van der Waals surface area contributed by atoms with Gasteiger partial charge in [-0.2, -0.15) is 13.2 Å². The second-order valence-corrected chi connectivity index (χ2v) is 9.43. The molecule has 2 aliphatic rings. The summed E-state index contributed by atoms with van der Waals surface area (Å²) in [5, 5.41) is 3.94. The van der Waals surface area contributed by atoms with E-state index in [-0.39, 0.29) is 35.7 Å². The molecule has 0 unspecified atom stereocenters. The average molecular weight is 523 g/mol. The number of aromatic nitrogens is 2. The highest BCUT2D eigenvalue weighted by atomic mass is 35.5. The van der Waals surface area contributed by atoms with Crippen LogP contribution in [0.15, 0.2) is 58.6 Å². The van der Waals surface area contributed by atoms with Gasteiger partial charge in [0.05, 0.1) is 27.4 Å². The van der Waals surface area contributed by atoms with E-state index >= 15 is 0 Å². The first-order chi connectivity index (χ1) is 16.3. The third-order valence-corrected chi connectivity index (χ3v) is 7.20. The Labute approximate surface area is 210 Å². The first kappa shape index (κ1) is 25.1. The number of benzene rings is 1. The maximum absolute atomic E-state index is 12.8. The third-order valence-electron chi connectivity index (χ3n) is 6.15. The van der Waals surface area contributed by atoms with Crippen molar-refractivity contribution in [3.63, 3.8) is 0 Å². The van der Waals surface area contributed by atoms with Crippen LogP contribution >= 0.6 is 24.2 Å². The maximum atomic E-state index is 12.8. The smallest absolute Gasteiger partial charge is 0.351 e. The van der Waals surface area contributed by atoms with Crippen LogP contribution in [0.5, 0.6) is 0 Å². The Morgan fingerprint density at radius 2 is 1.80 bits per heavy atom. The van der Waals surface area contributed by atoms with E-state index in [1.165, 1.54) is 23.9 Å². The van der Waals surface area contributed by atoms with Crippen LogP contribution in [0.2, 0.25) is 0 Å². The van der Waals surface area contributed by atoms with Crippen molar-refractivity contribution in [1.82, 2.24) is 19.6 Å². The second-order valence-electron chi connectivity index (χ2n) is 8.37. The normalized spacial score (nSPS) is 16.0. The molecule has 0 bridgehead atoms. The standard InChI is InChI=1S/C24H21F3N4O2S.ClH/c25-24(26,27)17-6-4-16(5-7-17)23(33)30-10-8-15(9-11-30)13-29-22(32)19-12-18-14-28-20-2-1-3-21(34-19)31(18)20;/h1-7,12,14-15H,8-11,13H2,(H,29,32);1H. The number of rotatable bonds is 4. The Morgan fingerprint density at radius 3 is 2.49 bits per heavy atom. The lowest BCUT2D eigenvalue weighted by Gasteiger charge is -2.32. The average Bonchev–Trinajstić information content (AvgIpc) is 3.26. The molecule has 1 N–H and O–H groups in total. The van der Waals surface area contributed by atoms with Crippen LogP contribution in [-0.4, -0.2) is 45.7 Å². The number of hydrogen-bond acceptors (Lipinski definition) is 4. The highest BCUT2D eigenvalue weighted by Crippen LogP contribution is 2.34. The monoisotopic (exact) mass is 522 g/mol. The number of hydrogen-bond donors (Lipinski definition) is 1. The van der Waals surface area contributed by atoms with Crippen molar-refractivity contribution in [1.29, 1.82) is 0 Å². The molecule has 35 heavy (non-hydrogen) atoms. The molecular weight excluding hydrogens is 501 g/mol. The lowest BCUT2D eigenvalue weighted by atomic mass is 9.96. The van der Waals surface area contributed by atoms with Gasteiger partial charge in [0.25, 0.3) is 11.8 Å². The first-order valence-electron chi connectivity index (χ1n) is 10.9. The van der Waals surface area contributed by atoms with Crippen LogP contribution in [0.3, 0.4) is 0 Å². The van der Waals surface area contributed by atoms with Crippen LogP contribution < -0.4 is 5.32 Å². The molecule has 0 spiro atoms. The molecule has 0 radical (unpaired) electrons. The van der Waals surface area contributed by atoms with E-state index in [2.05, 4.69) is 10.3 Å². The van der Waals surface area contributed by atoms with Crippen molar-refractivity contribution < 1.29 is 22.8 Å². The molecule has 2 aromatic heterocycles. The number of carbonyl (C=O) groups excluding carboxylic acids is 2. The first-order valence-corrected chi connectivity index (χ1v) is 11.7. The number of amides is 2. The summed E-state index contributed by atoms with van der Waals surface area (Å²) in [5.74, 6) is -0.188. The number of nitrogens with zero attached hydrogens (tertiary/aromatic N) is 3. The van der Waals surface area contributed by atoms with Crippen molar-refractivity contribution in [2.45, 2.75) is 24.0 Å². The summed E-state index contributed by atoms with van der Waals surface area (Å²) in [4.78, 5) is 32.0. The molecule has 2 aliphatic heterocycles. The summed E-state index contributed by atoms with van der Waals surface area (Å²) in [6, 6.07) is 10.1. The molecule has 3 aromatic rings. The molecule has 6 nitrogen and oxygen atoms in total. The molecule has 2 amide bonds. The molecule has 0 atom stereocenters. The lowest BCUT2D eigenvalue weighted by molar-refractivity contribution is -0.137. The van der Waals surface area contributed by atoms with Gasteiger partial charge in [-0.05, 0) is 61.2 Å². The number of pyridine rings is 1. The van der Waals surface area contributed by atoms with Crippen LogP contribution in [0, 0.1) is 5.92 Å². The minimum Gasteiger partial charge on any atom is -0.351 e. The van der Waals surface area contributed by atoms with Crippen molar-refractivity contribution >= 4 is 47.7 Å². The lowest BCUT2D eigenvalue weighted by Crippen LogP contribution is -2.41. The zero-order valence-electron chi connectivity index (χ0n) is 18.4. The van der Waals surface area contributed by atoms with Gasteiger partial charge in [0.2, 0.25) is 0 Å². The molecule has 4 heterocycles. The van der Waals surface area contributed by atoms with E-state index in [1.807, 2.05) is 28.7 Å². The number of piperidine rings is 1. The maximum Gasteiger partial charge on any atom is 0.416 e. The number of imidazole rings is 1. The van der Waals surface area contributed by atoms with Gasteiger partial charge < -0.3 is 10.2 Å². The van der Waals surface area contributed by atoms with Crippen LogP contribution in [-0.2, 0) is 11.0 Å². The van der Waals surface area contributed by atoms with Crippen molar-refractivity contribution in [3.8, 4) is 0 Å². The van der Waals surface area contributed by atoms with E-state index in [1.54, 1.807) is 11.1 Å². The summed E-state index contributed by atoms with van der Waals surface area (Å²) in [6.45, 7) is 1.50. The van der Waals surface area contributed by atoms with Gasteiger partial charge in [0.15, 0.2) is 0 Å². The number of thioether (sulfide) groups is 1. The molecular formula is C24H22ClF3N4O2S. The van der Waals surface area contributed by atoms with Gasteiger partial charge in [-0.1, -0.05) is 17.8 Å². The van der Waals surface area contributed by atoms with Gasteiger partial charge in [-0.25, -0.2) is 4.98 Å². The fourth-order valence-electron chi connectivity index (χ4n) is 4.25. The minimum absolute atomic E-state index is 0. The van der Waals surface area contributed by atoms with Crippen LogP contribution in [0.25, 0.3) is 11.7 Å². The van der Waals surface area contributed by atoms with Crippen molar-refractivity contribution in [2.24, 2.45) is 5.92 Å². The zero-order chi connectivity index (χ0) is 23.9. The van der Waals surface area contributed by atoms with E-state index in [0.29, 0.717) is 37.4 Å². The van der Waals surface area contributed by atoms with Gasteiger partial charge in [-0.3, -0.25) is 14.0 Å². The zero-order valence-corrected chi connectivity index (χ0v) is 20.1. The number of likely N-dealkylation sites (tertiary alicyclic amines) is 1. The Hall–Kier alpha value is -2.98. The number of carbonyl (C=O) groups is 2. The fourth-order valence-corrected chi connectivity index (χ4v) is 5.25. The third kappa shape index (κ3) is 5.18. The number of halogens is 4. The summed E-state index contributed by atoms with van der Waals surface area (Å²) in [6.07, 6.45) is 0.578. The molecule has 0 saturated carbocycles. The highest BCUT2D eigenvalue weighted by molar-refractivity contribution is 8.04. The summed E-state index contributed by atoms with van der Waals surface area (Å²) >= 11 is 1.40. The second kappa shape index (κ2) is 9.94. The van der Waals surface area contributed by atoms with E-state index < -0.39 is 11.7 Å². The fraction of sp³-hybridized carbons (Fsp3) is 0.292. The quantitative estimate of drug-likeness (QED) is 0.530. The van der Waals surface area contributed by atoms with Gasteiger partial charge in [-0.15, -0.1) is 12.4 Å². The number of alkyl halides is 3. The van der Waals surface area contributed by atoms with E-state index in [4.69, 9.17) is 0 Å². The van der Waals surface area contributed by atoms with E-state index in [9.17, 15) is 22.8 Å². The van der Waals surface area contributed by atoms with Crippen LogP contribution in [0.1, 0.15) is 34.5 Å². The van der Waals surface area contributed by atoms with E-state index in [0.717, 1.165) is 28.5 Å². The largest absolute Gasteiger partial charge is 0.416 e. The summed E-state index contributed by atoms with van der Waals surface area (Å²) in [7, 11) is 0. The summed E-state index contributed by atoms with van der Waals surface area (Å²) in [5.41, 5.74) is 1.18. The Balaban J connectivity index is 0.00000289. The molecule has 1 aromatic carbocycles. The van der Waals surface area contributed by atoms with Gasteiger partial charge in [0, 0.05) is 25.2 Å². The predicted molar refractivity (Wildman–Crippen MR) is 129 cm³/mol. The van der Waals surface area contributed by atoms with Crippen molar-refractivity contribution in [2.75, 3.05) is 19.6 Å². The Kier molecular flexibility index (Phi) is 7.14. The molecule has 11 heteroatoms. The Morgan fingerprint density at radius 1 is 1.09 bits per heavy atom. The van der Waals surface area contributed by atoms with Gasteiger partial charge in [0.1, 0.15) is 5.65 Å². The molecule has 5 rings (SSSR count). The SMILES string of the molecule is Cl.O=C(NCC1CCN(C(=O)c2ccc(C(F)(F)F)cc2)CC1)C1=Cc2cnc3cccc(n23)S1. The minimum atomic E-state index is -4.43. The molecule has 0 aliphatic carbocycles. The van der Waals surface area contributed by atoms with Crippen LogP contribution in [0.4, 0.5) is 13.2 Å². The highest BCUT2D eigenvalue weighted by Gasteiger charge is 2.31. The van der Waals surface area contributed by atoms with Gasteiger partial charge >= 0.3 is 6.18 Å². The summed E-state index contributed by atoms with van der Waals surface area (Å²) < 4.78 is 40.2. The topological polar surface area (TPSA) is 66.7 Å². The number of nitrogens with one attached hydrogen (secondary N) is 1.